The summed E-state index contributed by atoms with van der Waals surface area (Å²) >= 11 is 0. The number of anilines is 1. The molecule has 0 unspecified atom stereocenters. The van der Waals surface area contributed by atoms with Gasteiger partial charge in [-0.2, -0.15) is 5.21 Å². The molecule has 0 aliphatic carbocycles. The molecule has 3 rings (SSSR count). The highest BCUT2D eigenvalue weighted by Crippen LogP contribution is 2.39. The molecule has 0 saturated heterocycles. The van der Waals surface area contributed by atoms with Crippen molar-refractivity contribution in [1.82, 2.24) is 30.3 Å². The van der Waals surface area contributed by atoms with Gasteiger partial charge >= 0.3 is 0 Å². The van der Waals surface area contributed by atoms with E-state index in [-0.39, 0.29) is 29.3 Å². The summed E-state index contributed by atoms with van der Waals surface area (Å²) in [5.41, 5.74) is 11.7. The summed E-state index contributed by atoms with van der Waals surface area (Å²) in [6.07, 6.45) is 1.43. The molecule has 2 aromatic heterocycles. The van der Waals surface area contributed by atoms with Crippen molar-refractivity contribution in [3.63, 3.8) is 0 Å². The number of aliphatic hydroxyl groups is 1. The normalized spacial score (nSPS) is 13.3. The van der Waals surface area contributed by atoms with Gasteiger partial charge in [0.15, 0.2) is 0 Å². The Morgan fingerprint density at radius 3 is 2.48 bits per heavy atom. The molecule has 16 heteroatoms. The third kappa shape index (κ3) is 4.68. The molecule has 0 fully saturated rings. The fourth-order valence-corrected chi connectivity index (χ4v) is 5.47. The second-order valence-electron chi connectivity index (χ2n) is 6.33. The van der Waals surface area contributed by atoms with E-state index in [0.717, 1.165) is 6.07 Å². The maximum absolute atomic E-state index is 12.9. The Morgan fingerprint density at radius 1 is 1.16 bits per heavy atom. The number of aliphatic hydroxyl groups excluding tert-OH is 1. The van der Waals surface area contributed by atoms with E-state index in [4.69, 9.17) is 21.7 Å². The maximum Gasteiger partial charge on any atom is 0.242 e. The molecule has 166 valence electrons. The minimum atomic E-state index is -4.64. The van der Waals surface area contributed by atoms with Gasteiger partial charge in [-0.25, -0.2) is 31.7 Å². The highest BCUT2D eigenvalue weighted by Gasteiger charge is 2.32. The summed E-state index contributed by atoms with van der Waals surface area (Å²) in [4.78, 5) is 2.54. The zero-order valence-corrected chi connectivity index (χ0v) is 17.4. The second kappa shape index (κ2) is 8.61. The largest absolute Gasteiger partial charge is 0.395 e. The van der Waals surface area contributed by atoms with Gasteiger partial charge in [-0.3, -0.25) is 0 Å². The van der Waals surface area contributed by atoms with E-state index in [9.17, 15) is 16.8 Å². The molecule has 0 bridgehead atoms. The molecule has 0 radical (unpaired) electrons. The first-order valence-electron chi connectivity index (χ1n) is 8.57. The number of nitrogen functional groups attached to an aromatic ring is 1. The first-order valence-corrected chi connectivity index (χ1v) is 11.6. The summed E-state index contributed by atoms with van der Waals surface area (Å²) in [6, 6.07) is 4.59. The highest BCUT2D eigenvalue weighted by molar-refractivity contribution is 7.92. The summed E-state index contributed by atoms with van der Waals surface area (Å²) in [5.74, 6) is -0.179. The lowest BCUT2D eigenvalue weighted by Crippen LogP contribution is -2.39. The van der Waals surface area contributed by atoms with Crippen molar-refractivity contribution >= 4 is 25.9 Å². The first kappa shape index (κ1) is 22.7. The average Bonchev–Trinajstić information content (AvgIpc) is 3.25. The van der Waals surface area contributed by atoms with Crippen LogP contribution in [0.1, 0.15) is 0 Å². The minimum Gasteiger partial charge on any atom is -0.395 e. The van der Waals surface area contributed by atoms with Crippen LogP contribution in [0.5, 0.6) is 0 Å². The van der Waals surface area contributed by atoms with Crippen LogP contribution in [0.25, 0.3) is 22.5 Å². The van der Waals surface area contributed by atoms with Gasteiger partial charge in [0.2, 0.25) is 25.9 Å². The number of nitrogens with one attached hydrogen (secondary N) is 2. The number of sulfonamides is 2. The number of rotatable bonds is 8. The van der Waals surface area contributed by atoms with Gasteiger partial charge < -0.3 is 16.6 Å². The third-order valence-electron chi connectivity index (χ3n) is 4.16. The van der Waals surface area contributed by atoms with Gasteiger partial charge in [-0.1, -0.05) is 6.07 Å². The fourth-order valence-electron chi connectivity index (χ4n) is 2.78. The Morgan fingerprint density at radius 2 is 1.90 bits per heavy atom. The molecular weight excluding hydrogens is 450 g/mol. The van der Waals surface area contributed by atoms with Gasteiger partial charge in [0.25, 0.3) is 0 Å². The number of hydrogen-bond acceptors (Lipinski definition) is 11. The van der Waals surface area contributed by atoms with Gasteiger partial charge in [0.05, 0.1) is 12.2 Å². The molecule has 0 amide bonds. The molecule has 9 N–H and O–H groups in total. The van der Waals surface area contributed by atoms with Crippen LogP contribution in [-0.2, 0) is 20.0 Å². The monoisotopic (exact) mass is 469 g/mol. The van der Waals surface area contributed by atoms with Crippen LogP contribution in [0.15, 0.2) is 40.3 Å². The second-order valence-corrected chi connectivity index (χ2v) is 9.56. The van der Waals surface area contributed by atoms with Crippen LogP contribution < -0.4 is 21.3 Å². The number of primary sulfonamides is 1. The predicted molar refractivity (Wildman–Crippen MR) is 109 cm³/mol. The fraction of sp³-hybridized carbons (Fsp3) is 0.200. The maximum atomic E-state index is 12.9. The van der Waals surface area contributed by atoms with Crippen LogP contribution in [0.3, 0.4) is 0 Å². The van der Waals surface area contributed by atoms with E-state index in [2.05, 4.69) is 30.3 Å². The lowest BCUT2D eigenvalue weighted by molar-refractivity contribution is 0.266. The molecule has 0 aliphatic rings. The van der Waals surface area contributed by atoms with Crippen molar-refractivity contribution in [3.05, 3.63) is 30.5 Å². The number of nitrogens with two attached hydrogens (primary N) is 3. The van der Waals surface area contributed by atoms with Crippen molar-refractivity contribution < 1.29 is 21.9 Å². The van der Waals surface area contributed by atoms with E-state index in [1.165, 1.54) is 12.3 Å². The number of aromatic nitrogens is 5. The lowest BCUT2D eigenvalue weighted by Gasteiger charge is -2.17. The molecule has 1 aromatic carbocycles. The Balaban J connectivity index is 2.36. The van der Waals surface area contributed by atoms with Gasteiger partial charge in [0, 0.05) is 24.3 Å². The molecular formula is C15H19N9O5S2. The smallest absolute Gasteiger partial charge is 0.242 e. The number of tetrazole rings is 1. The quantitative estimate of drug-likeness (QED) is 0.206. The standard InChI is InChI=1S/C15H19N9O5S2/c16-8(7-25)6-20-31(28,29)11-4-3-9(10-2-1-5-19-14(10)17)12(13(11)30(18,26)27)15-21-23-24-22-15/h1-5,8,20,25H,6-7,16H2,(H2,17,19)(H2,18,26,27)(H,21,22,23,24)/t8-/m1/s1. The SMILES string of the molecule is Nc1ncccc1-c1ccc(S(=O)(=O)NC[C@@H](N)CO)c(S(N)(=O)=O)c1-c1nn[nH]n1. The number of H-pyrrole nitrogens is 1. The number of pyridine rings is 1. The highest BCUT2D eigenvalue weighted by atomic mass is 32.2. The van der Waals surface area contributed by atoms with Gasteiger partial charge in [-0.05, 0) is 29.0 Å². The Hall–Kier alpha value is -3.02. The van der Waals surface area contributed by atoms with E-state index in [0.29, 0.717) is 5.56 Å². The van der Waals surface area contributed by atoms with Crippen molar-refractivity contribution in [2.75, 3.05) is 18.9 Å². The van der Waals surface area contributed by atoms with Crippen LogP contribution in [0.2, 0.25) is 0 Å². The van der Waals surface area contributed by atoms with Crippen molar-refractivity contribution in [2.45, 2.75) is 15.8 Å². The molecule has 31 heavy (non-hydrogen) atoms. The number of nitrogens with zero attached hydrogens (tertiary/aromatic N) is 4. The molecule has 3 aromatic rings. The van der Waals surface area contributed by atoms with Crippen molar-refractivity contribution in [1.29, 1.82) is 0 Å². The van der Waals surface area contributed by atoms with Crippen molar-refractivity contribution in [3.8, 4) is 22.5 Å². The number of aromatic amines is 1. The first-order chi connectivity index (χ1) is 14.6. The summed E-state index contributed by atoms with van der Waals surface area (Å²) in [7, 11) is -9.08. The van der Waals surface area contributed by atoms with Crippen LogP contribution in [0.4, 0.5) is 5.82 Å². The molecule has 0 saturated carbocycles. The Bertz CT molecular complexity index is 1290. The van der Waals surface area contributed by atoms with Crippen molar-refractivity contribution in [2.24, 2.45) is 10.9 Å². The van der Waals surface area contributed by atoms with E-state index >= 15 is 0 Å². The average molecular weight is 470 g/mol. The molecule has 14 nitrogen and oxygen atoms in total. The van der Waals surface area contributed by atoms with Gasteiger partial charge in [-0.15, -0.1) is 10.2 Å². The lowest BCUT2D eigenvalue weighted by atomic mass is 9.99. The van der Waals surface area contributed by atoms with E-state index < -0.39 is 42.5 Å². The summed E-state index contributed by atoms with van der Waals surface area (Å²) < 4.78 is 53.1. The molecule has 0 spiro atoms. The number of hydrogen-bond donors (Lipinski definition) is 6. The zero-order valence-electron chi connectivity index (χ0n) is 15.8. The zero-order chi connectivity index (χ0) is 22.8. The third-order valence-corrected chi connectivity index (χ3v) is 6.75. The van der Waals surface area contributed by atoms with Gasteiger partial charge in [0.1, 0.15) is 15.6 Å². The topological polar surface area (TPSA) is 246 Å². The summed E-state index contributed by atoms with van der Waals surface area (Å²) in [6.45, 7) is -0.838. The molecule has 0 aliphatic heterocycles. The van der Waals surface area contributed by atoms with E-state index in [1.807, 2.05) is 0 Å². The molecule has 1 atom stereocenters. The number of benzene rings is 1. The summed E-state index contributed by atoms with van der Waals surface area (Å²) in [5, 5.41) is 27.6. The minimum absolute atomic E-state index is 0.0512. The van der Waals surface area contributed by atoms with Crippen LogP contribution >= 0.6 is 0 Å². The predicted octanol–water partition coefficient (Wildman–Crippen LogP) is -2.24. The molecule has 2 heterocycles. The Labute approximate surface area is 177 Å². The van der Waals surface area contributed by atoms with Crippen LogP contribution in [0, 0.1) is 0 Å². The van der Waals surface area contributed by atoms with E-state index in [1.54, 1.807) is 12.1 Å². The Kier molecular flexibility index (Phi) is 6.30. The van der Waals surface area contributed by atoms with Crippen LogP contribution in [-0.4, -0.2) is 66.7 Å².